The van der Waals surface area contributed by atoms with E-state index in [1.54, 1.807) is 12.4 Å². The summed E-state index contributed by atoms with van der Waals surface area (Å²) in [5, 5.41) is 0. The maximum absolute atomic E-state index is 4.21. The van der Waals surface area contributed by atoms with Crippen molar-refractivity contribution in [1.29, 1.82) is 0 Å². The topological polar surface area (TPSA) is 25.8 Å². The highest BCUT2D eigenvalue weighted by Gasteiger charge is 2.06. The zero-order chi connectivity index (χ0) is 9.03. The SMILES string of the molecule is C[N+](C)(C)CCc1cnccn1.[Cl-]. The Morgan fingerprint density at radius 3 is 2.38 bits per heavy atom. The van der Waals surface area contributed by atoms with Gasteiger partial charge in [-0.05, 0) is 0 Å². The van der Waals surface area contributed by atoms with Crippen molar-refractivity contribution in [3.05, 3.63) is 24.3 Å². The first-order valence-electron chi connectivity index (χ1n) is 4.13. The maximum Gasteiger partial charge on any atom is 0.0837 e. The van der Waals surface area contributed by atoms with Gasteiger partial charge in [0.1, 0.15) is 0 Å². The molecule has 74 valence electrons. The molecule has 0 atom stereocenters. The summed E-state index contributed by atoms with van der Waals surface area (Å²) in [6.45, 7) is 1.10. The summed E-state index contributed by atoms with van der Waals surface area (Å²) >= 11 is 0. The van der Waals surface area contributed by atoms with Crippen molar-refractivity contribution < 1.29 is 16.9 Å². The summed E-state index contributed by atoms with van der Waals surface area (Å²) in [5.74, 6) is 0. The van der Waals surface area contributed by atoms with E-state index in [2.05, 4.69) is 31.1 Å². The molecule has 0 bridgehead atoms. The van der Waals surface area contributed by atoms with Crippen molar-refractivity contribution in [2.75, 3.05) is 27.7 Å². The summed E-state index contributed by atoms with van der Waals surface area (Å²) in [7, 11) is 6.53. The highest BCUT2D eigenvalue weighted by atomic mass is 35.5. The molecule has 1 aromatic rings. The van der Waals surface area contributed by atoms with Crippen LogP contribution in [0.1, 0.15) is 5.69 Å². The minimum atomic E-state index is 0. The summed E-state index contributed by atoms with van der Waals surface area (Å²) in [6.07, 6.45) is 6.27. The fraction of sp³-hybridized carbons (Fsp3) is 0.556. The second-order valence-corrected chi connectivity index (χ2v) is 3.96. The number of hydrogen-bond donors (Lipinski definition) is 0. The van der Waals surface area contributed by atoms with Crippen molar-refractivity contribution in [1.82, 2.24) is 9.97 Å². The highest BCUT2D eigenvalue weighted by molar-refractivity contribution is 4.94. The minimum Gasteiger partial charge on any atom is -1.00 e. The van der Waals surface area contributed by atoms with E-state index in [0.717, 1.165) is 23.1 Å². The first kappa shape index (κ1) is 12.3. The number of aromatic nitrogens is 2. The van der Waals surface area contributed by atoms with Crippen molar-refractivity contribution in [2.45, 2.75) is 6.42 Å². The molecule has 0 amide bonds. The average molecular weight is 202 g/mol. The second-order valence-electron chi connectivity index (χ2n) is 3.96. The van der Waals surface area contributed by atoms with Gasteiger partial charge < -0.3 is 16.9 Å². The van der Waals surface area contributed by atoms with Gasteiger partial charge in [0, 0.05) is 25.0 Å². The van der Waals surface area contributed by atoms with E-state index >= 15 is 0 Å². The van der Waals surface area contributed by atoms with Crippen molar-refractivity contribution >= 4 is 0 Å². The molecule has 0 spiro atoms. The Morgan fingerprint density at radius 1 is 1.23 bits per heavy atom. The van der Waals surface area contributed by atoms with Gasteiger partial charge >= 0.3 is 0 Å². The van der Waals surface area contributed by atoms with Crippen LogP contribution in [0.5, 0.6) is 0 Å². The van der Waals surface area contributed by atoms with Gasteiger partial charge in [0.2, 0.25) is 0 Å². The lowest BCUT2D eigenvalue weighted by molar-refractivity contribution is -0.870. The third-order valence-electron chi connectivity index (χ3n) is 1.66. The van der Waals surface area contributed by atoms with Crippen LogP contribution in [-0.4, -0.2) is 42.1 Å². The quantitative estimate of drug-likeness (QED) is 0.516. The molecule has 3 nitrogen and oxygen atoms in total. The molecule has 4 heteroatoms. The Hall–Kier alpha value is -0.670. The van der Waals surface area contributed by atoms with Crippen LogP contribution < -0.4 is 12.4 Å². The number of halogens is 1. The molecular weight excluding hydrogens is 186 g/mol. The van der Waals surface area contributed by atoms with Gasteiger partial charge in [-0.3, -0.25) is 9.97 Å². The maximum atomic E-state index is 4.21. The number of quaternary nitrogens is 1. The normalized spacial score (nSPS) is 10.7. The van der Waals surface area contributed by atoms with Gasteiger partial charge in [0.25, 0.3) is 0 Å². The zero-order valence-corrected chi connectivity index (χ0v) is 9.12. The lowest BCUT2D eigenvalue weighted by Gasteiger charge is -2.23. The molecule has 0 aromatic carbocycles. The van der Waals surface area contributed by atoms with Crippen molar-refractivity contribution in [3.8, 4) is 0 Å². The molecule has 0 saturated heterocycles. The van der Waals surface area contributed by atoms with Crippen LogP contribution in [0.15, 0.2) is 18.6 Å². The largest absolute Gasteiger partial charge is 1.00 e. The van der Waals surface area contributed by atoms with Crippen LogP contribution >= 0.6 is 0 Å². The molecule has 0 aliphatic rings. The molecular formula is C9H16ClN3. The lowest BCUT2D eigenvalue weighted by Crippen LogP contribution is -3.00. The van der Waals surface area contributed by atoms with Crippen LogP contribution in [0.3, 0.4) is 0 Å². The third kappa shape index (κ3) is 5.55. The molecule has 1 rings (SSSR count). The smallest absolute Gasteiger partial charge is 0.0837 e. The predicted molar refractivity (Wildman–Crippen MR) is 48.6 cm³/mol. The van der Waals surface area contributed by atoms with E-state index in [1.165, 1.54) is 0 Å². The van der Waals surface area contributed by atoms with Gasteiger partial charge in [0.05, 0.1) is 33.4 Å². The lowest BCUT2D eigenvalue weighted by atomic mass is 10.3. The van der Waals surface area contributed by atoms with E-state index in [-0.39, 0.29) is 12.4 Å². The predicted octanol–water partition coefficient (Wildman–Crippen LogP) is -2.27. The third-order valence-corrected chi connectivity index (χ3v) is 1.66. The van der Waals surface area contributed by atoms with Gasteiger partial charge in [-0.2, -0.15) is 0 Å². The molecule has 13 heavy (non-hydrogen) atoms. The van der Waals surface area contributed by atoms with Gasteiger partial charge in [-0.25, -0.2) is 0 Å². The van der Waals surface area contributed by atoms with Gasteiger partial charge in [-0.15, -0.1) is 0 Å². The van der Waals surface area contributed by atoms with Crippen molar-refractivity contribution in [3.63, 3.8) is 0 Å². The van der Waals surface area contributed by atoms with Crippen LogP contribution in [0.25, 0.3) is 0 Å². The Labute approximate surface area is 85.8 Å². The molecule has 0 aliphatic heterocycles. The van der Waals surface area contributed by atoms with Gasteiger partial charge in [-0.1, -0.05) is 0 Å². The molecule has 0 fully saturated rings. The first-order valence-corrected chi connectivity index (χ1v) is 4.13. The Bertz CT molecular complexity index is 230. The fourth-order valence-corrected chi connectivity index (χ4v) is 0.909. The number of nitrogens with zero attached hydrogens (tertiary/aromatic N) is 3. The summed E-state index contributed by atoms with van der Waals surface area (Å²) < 4.78 is 0.969. The van der Waals surface area contributed by atoms with E-state index in [1.807, 2.05) is 6.20 Å². The standard InChI is InChI=1S/C9H16N3.ClH/c1-12(2,3)7-4-9-8-10-5-6-11-9;/h5-6,8H,4,7H2,1-3H3;1H/q+1;/p-1. The Balaban J connectivity index is 0.00000144. The first-order chi connectivity index (χ1) is 5.58. The van der Waals surface area contributed by atoms with E-state index < -0.39 is 0 Å². The molecule has 0 radical (unpaired) electrons. The molecule has 0 N–H and O–H groups in total. The molecule has 0 saturated carbocycles. The molecule has 0 unspecified atom stereocenters. The summed E-state index contributed by atoms with van der Waals surface area (Å²) in [4.78, 5) is 8.23. The Morgan fingerprint density at radius 2 is 1.92 bits per heavy atom. The summed E-state index contributed by atoms with van der Waals surface area (Å²) in [6, 6.07) is 0. The highest BCUT2D eigenvalue weighted by Crippen LogP contribution is 1.97. The van der Waals surface area contributed by atoms with E-state index in [0.29, 0.717) is 0 Å². The minimum absolute atomic E-state index is 0. The average Bonchev–Trinajstić information content (AvgIpc) is 2.02. The van der Waals surface area contributed by atoms with Crippen LogP contribution in [0, 0.1) is 0 Å². The molecule has 1 aromatic heterocycles. The van der Waals surface area contributed by atoms with E-state index in [9.17, 15) is 0 Å². The Kier molecular flexibility index (Phi) is 4.88. The van der Waals surface area contributed by atoms with Gasteiger partial charge in [0.15, 0.2) is 0 Å². The molecule has 1 heterocycles. The van der Waals surface area contributed by atoms with Crippen LogP contribution in [0.4, 0.5) is 0 Å². The molecule has 0 aliphatic carbocycles. The summed E-state index contributed by atoms with van der Waals surface area (Å²) in [5.41, 5.74) is 1.07. The second kappa shape index (κ2) is 5.14. The number of likely N-dealkylation sites (N-methyl/N-ethyl adjacent to an activating group) is 1. The number of rotatable bonds is 3. The van der Waals surface area contributed by atoms with Crippen LogP contribution in [-0.2, 0) is 6.42 Å². The fourth-order valence-electron chi connectivity index (χ4n) is 0.909. The van der Waals surface area contributed by atoms with Crippen LogP contribution in [0.2, 0.25) is 0 Å². The monoisotopic (exact) mass is 201 g/mol. The van der Waals surface area contributed by atoms with Crippen molar-refractivity contribution in [2.24, 2.45) is 0 Å². The number of hydrogen-bond acceptors (Lipinski definition) is 2. The van der Waals surface area contributed by atoms with E-state index in [4.69, 9.17) is 0 Å². The zero-order valence-electron chi connectivity index (χ0n) is 8.37.